The van der Waals surface area contributed by atoms with Crippen LogP contribution in [0.4, 0.5) is 0 Å². The van der Waals surface area contributed by atoms with Crippen LogP contribution in [0.15, 0.2) is 9.31 Å². The summed E-state index contributed by atoms with van der Waals surface area (Å²) in [6.07, 6.45) is 4.45. The van der Waals surface area contributed by atoms with Crippen molar-refractivity contribution in [1.82, 2.24) is 4.72 Å². The molecule has 0 bridgehead atoms. The Hall–Kier alpha value is -1.34. The Labute approximate surface area is 123 Å². The second-order valence-electron chi connectivity index (χ2n) is 6.18. The summed E-state index contributed by atoms with van der Waals surface area (Å²) in [5, 5.41) is 9.21. The molecule has 7 heteroatoms. The standard InChI is InChI=1S/C14H19NO5S/c1-8-11(13(16)17)12(9(2)20-8)21(18,19)15-7-14(5-6-14)10-3-4-10/h10,15H,3-7H2,1-2H3,(H,16,17). The monoisotopic (exact) mass is 313 g/mol. The first-order valence-corrected chi connectivity index (χ1v) is 8.58. The lowest BCUT2D eigenvalue weighted by Crippen LogP contribution is -2.32. The molecule has 0 radical (unpaired) electrons. The second kappa shape index (κ2) is 4.58. The Balaban J connectivity index is 1.86. The predicted octanol–water partition coefficient (Wildman–Crippen LogP) is 2.06. The average molecular weight is 313 g/mol. The second-order valence-corrected chi connectivity index (χ2v) is 7.89. The van der Waals surface area contributed by atoms with Gasteiger partial charge in [-0.3, -0.25) is 0 Å². The van der Waals surface area contributed by atoms with Gasteiger partial charge in [0.1, 0.15) is 22.0 Å². The molecule has 2 saturated carbocycles. The van der Waals surface area contributed by atoms with Crippen molar-refractivity contribution in [3.05, 3.63) is 17.1 Å². The van der Waals surface area contributed by atoms with Crippen LogP contribution >= 0.6 is 0 Å². The number of carboxylic acid groups (broad SMARTS) is 1. The molecule has 2 aliphatic rings. The summed E-state index contributed by atoms with van der Waals surface area (Å²) < 4.78 is 32.7. The Kier molecular flexibility index (Phi) is 3.18. The fourth-order valence-corrected chi connectivity index (χ4v) is 4.67. The van der Waals surface area contributed by atoms with Crippen molar-refractivity contribution in [3.63, 3.8) is 0 Å². The van der Waals surface area contributed by atoms with Gasteiger partial charge in [0.15, 0.2) is 0 Å². The van der Waals surface area contributed by atoms with Gasteiger partial charge in [-0.2, -0.15) is 0 Å². The lowest BCUT2D eigenvalue weighted by molar-refractivity contribution is 0.0691. The zero-order valence-electron chi connectivity index (χ0n) is 12.1. The number of aryl methyl sites for hydroxylation is 2. The fourth-order valence-electron chi connectivity index (χ4n) is 3.13. The third-order valence-corrected chi connectivity index (χ3v) is 6.19. The molecule has 2 aliphatic carbocycles. The lowest BCUT2D eigenvalue weighted by Gasteiger charge is -2.15. The summed E-state index contributed by atoms with van der Waals surface area (Å²) in [6, 6.07) is 0. The molecule has 1 aromatic heterocycles. The van der Waals surface area contributed by atoms with Crippen LogP contribution < -0.4 is 4.72 Å². The van der Waals surface area contributed by atoms with Crippen molar-refractivity contribution in [2.75, 3.05) is 6.54 Å². The Morgan fingerprint density at radius 3 is 2.43 bits per heavy atom. The number of nitrogens with one attached hydrogen (secondary N) is 1. The van der Waals surface area contributed by atoms with Gasteiger partial charge in [0.25, 0.3) is 0 Å². The van der Waals surface area contributed by atoms with Crippen LogP contribution in [0, 0.1) is 25.2 Å². The van der Waals surface area contributed by atoms with Crippen LogP contribution in [0.3, 0.4) is 0 Å². The van der Waals surface area contributed by atoms with E-state index in [2.05, 4.69) is 4.72 Å². The van der Waals surface area contributed by atoms with E-state index in [9.17, 15) is 18.3 Å². The smallest absolute Gasteiger partial charge is 0.340 e. The highest BCUT2D eigenvalue weighted by Crippen LogP contribution is 2.60. The minimum absolute atomic E-state index is 0.114. The molecule has 1 aromatic rings. The van der Waals surface area contributed by atoms with Crippen molar-refractivity contribution in [1.29, 1.82) is 0 Å². The third kappa shape index (κ3) is 2.48. The number of aromatic carboxylic acids is 1. The summed E-state index contributed by atoms with van der Waals surface area (Å²) in [5.41, 5.74) is -0.153. The van der Waals surface area contributed by atoms with Crippen LogP contribution in [0.1, 0.15) is 47.6 Å². The number of rotatable bonds is 6. The molecule has 0 atom stereocenters. The van der Waals surface area contributed by atoms with Crippen LogP contribution in [0.5, 0.6) is 0 Å². The van der Waals surface area contributed by atoms with Gasteiger partial charge in [-0.15, -0.1) is 0 Å². The zero-order chi connectivity index (χ0) is 15.4. The number of furan rings is 1. The molecule has 6 nitrogen and oxygen atoms in total. The normalized spacial score (nSPS) is 20.5. The van der Waals surface area contributed by atoms with E-state index in [1.54, 1.807) is 0 Å². The molecule has 3 rings (SSSR count). The van der Waals surface area contributed by atoms with E-state index in [4.69, 9.17) is 4.42 Å². The zero-order valence-corrected chi connectivity index (χ0v) is 12.9. The summed E-state index contributed by atoms with van der Waals surface area (Å²) >= 11 is 0. The van der Waals surface area contributed by atoms with Crippen molar-refractivity contribution < 1.29 is 22.7 Å². The van der Waals surface area contributed by atoms with E-state index in [0.29, 0.717) is 12.5 Å². The third-order valence-electron chi connectivity index (χ3n) is 4.64. The summed E-state index contributed by atoms with van der Waals surface area (Å²) in [5.74, 6) is -0.420. The van der Waals surface area contributed by atoms with Gasteiger partial charge in [-0.25, -0.2) is 17.9 Å². The SMILES string of the molecule is Cc1oc(C)c(S(=O)(=O)NCC2(C3CC3)CC2)c1C(=O)O. The molecule has 2 fully saturated rings. The molecule has 2 N–H and O–H groups in total. The summed E-state index contributed by atoms with van der Waals surface area (Å²) in [7, 11) is -3.87. The topological polar surface area (TPSA) is 96.6 Å². The minimum Gasteiger partial charge on any atom is -0.478 e. The van der Waals surface area contributed by atoms with E-state index in [-0.39, 0.29) is 27.4 Å². The molecule has 116 valence electrons. The molecule has 21 heavy (non-hydrogen) atoms. The largest absolute Gasteiger partial charge is 0.478 e. The molecule has 1 heterocycles. The molecule has 0 aliphatic heterocycles. The first-order valence-electron chi connectivity index (χ1n) is 7.10. The van der Waals surface area contributed by atoms with Gasteiger partial charge in [-0.05, 0) is 50.9 Å². The van der Waals surface area contributed by atoms with Gasteiger partial charge < -0.3 is 9.52 Å². The Bertz CT molecular complexity index is 695. The van der Waals surface area contributed by atoms with Crippen molar-refractivity contribution in [2.45, 2.75) is 44.4 Å². The lowest BCUT2D eigenvalue weighted by atomic mass is 10.0. The summed E-state index contributed by atoms with van der Waals surface area (Å²) in [6.45, 7) is 3.33. The van der Waals surface area contributed by atoms with E-state index in [1.807, 2.05) is 0 Å². The van der Waals surface area contributed by atoms with Crippen molar-refractivity contribution in [2.24, 2.45) is 11.3 Å². The molecular formula is C14H19NO5S. The number of hydrogen-bond acceptors (Lipinski definition) is 4. The Morgan fingerprint density at radius 2 is 1.95 bits per heavy atom. The highest BCUT2D eigenvalue weighted by Gasteiger charge is 2.54. The van der Waals surface area contributed by atoms with E-state index in [1.165, 1.54) is 26.7 Å². The summed E-state index contributed by atoms with van der Waals surface area (Å²) in [4.78, 5) is 11.0. The molecule has 0 spiro atoms. The Morgan fingerprint density at radius 1 is 1.33 bits per heavy atom. The van der Waals surface area contributed by atoms with Gasteiger partial charge in [-0.1, -0.05) is 0 Å². The minimum atomic E-state index is -3.87. The van der Waals surface area contributed by atoms with Crippen LogP contribution in [-0.4, -0.2) is 26.0 Å². The number of carbonyl (C=O) groups is 1. The van der Waals surface area contributed by atoms with E-state index < -0.39 is 16.0 Å². The fraction of sp³-hybridized carbons (Fsp3) is 0.643. The first-order chi connectivity index (χ1) is 9.77. The molecule has 0 aromatic carbocycles. The number of hydrogen-bond donors (Lipinski definition) is 2. The molecule has 0 amide bonds. The van der Waals surface area contributed by atoms with Crippen molar-refractivity contribution in [3.8, 4) is 0 Å². The van der Waals surface area contributed by atoms with Crippen LogP contribution in [0.2, 0.25) is 0 Å². The quantitative estimate of drug-likeness (QED) is 0.838. The van der Waals surface area contributed by atoms with Crippen LogP contribution in [-0.2, 0) is 10.0 Å². The van der Waals surface area contributed by atoms with Gasteiger partial charge >= 0.3 is 5.97 Å². The number of carboxylic acids is 1. The molecular weight excluding hydrogens is 294 g/mol. The van der Waals surface area contributed by atoms with Gasteiger partial charge in [0, 0.05) is 6.54 Å². The molecule has 0 unspecified atom stereocenters. The highest BCUT2D eigenvalue weighted by molar-refractivity contribution is 7.89. The maximum absolute atomic E-state index is 12.5. The van der Waals surface area contributed by atoms with Gasteiger partial charge in [0.2, 0.25) is 10.0 Å². The maximum atomic E-state index is 12.5. The number of sulfonamides is 1. The van der Waals surface area contributed by atoms with Gasteiger partial charge in [0.05, 0.1) is 0 Å². The van der Waals surface area contributed by atoms with Crippen molar-refractivity contribution >= 4 is 16.0 Å². The van der Waals surface area contributed by atoms with E-state index in [0.717, 1.165) is 12.8 Å². The predicted molar refractivity (Wildman–Crippen MR) is 74.7 cm³/mol. The average Bonchev–Trinajstić information content (AvgIpc) is 3.23. The molecule has 0 saturated heterocycles. The highest BCUT2D eigenvalue weighted by atomic mass is 32.2. The van der Waals surface area contributed by atoms with E-state index >= 15 is 0 Å². The first kappa shape index (κ1) is 14.6. The van der Waals surface area contributed by atoms with Crippen LogP contribution in [0.25, 0.3) is 0 Å². The maximum Gasteiger partial charge on any atom is 0.340 e.